The average Bonchev–Trinajstić information content (AvgIpc) is 2.77. The van der Waals surface area contributed by atoms with Crippen molar-refractivity contribution in [3.05, 3.63) is 64.4 Å². The fraction of sp³-hybridized carbons (Fsp3) is 0.333. The van der Waals surface area contributed by atoms with E-state index in [9.17, 15) is 9.59 Å². The molecular formula is C24H26ClN3O3. The van der Waals surface area contributed by atoms with Crippen molar-refractivity contribution in [2.24, 2.45) is 0 Å². The van der Waals surface area contributed by atoms with Gasteiger partial charge in [0.05, 0.1) is 5.69 Å². The number of carbonyl (C=O) groups excluding carboxylic acids is 2. The van der Waals surface area contributed by atoms with Gasteiger partial charge in [0.1, 0.15) is 0 Å². The van der Waals surface area contributed by atoms with Crippen LogP contribution in [0, 0.1) is 0 Å². The van der Waals surface area contributed by atoms with Gasteiger partial charge in [-0.25, -0.2) is 0 Å². The van der Waals surface area contributed by atoms with E-state index in [1.165, 1.54) is 19.3 Å². The third-order valence-corrected chi connectivity index (χ3v) is 5.70. The summed E-state index contributed by atoms with van der Waals surface area (Å²) in [5, 5.41) is 6.34. The van der Waals surface area contributed by atoms with Crippen molar-refractivity contribution in [2.45, 2.75) is 25.7 Å². The van der Waals surface area contributed by atoms with Gasteiger partial charge in [-0.05, 0) is 80.9 Å². The number of ether oxygens (including phenoxy) is 1. The number of hydrogen-bond donors (Lipinski definition) is 2. The summed E-state index contributed by atoms with van der Waals surface area (Å²) in [6.07, 6.45) is 6.42. The van der Waals surface area contributed by atoms with E-state index < -0.39 is 0 Å². The van der Waals surface area contributed by atoms with Crippen LogP contribution in [0.25, 0.3) is 6.08 Å². The average molecular weight is 440 g/mol. The molecule has 2 amide bonds. The van der Waals surface area contributed by atoms with Crippen molar-refractivity contribution >= 4 is 35.2 Å². The molecule has 0 unspecified atom stereocenters. The molecule has 7 heteroatoms. The molecule has 2 aliphatic heterocycles. The maximum atomic E-state index is 12.5. The number of rotatable bonds is 6. The number of hydrogen-bond acceptors (Lipinski definition) is 4. The summed E-state index contributed by atoms with van der Waals surface area (Å²) >= 11 is 6.00. The summed E-state index contributed by atoms with van der Waals surface area (Å²) in [4.78, 5) is 27.4. The summed E-state index contributed by atoms with van der Waals surface area (Å²) in [5.41, 5.74) is 1.73. The molecule has 31 heavy (non-hydrogen) atoms. The molecule has 1 fully saturated rings. The molecule has 0 atom stereocenters. The van der Waals surface area contributed by atoms with Crippen LogP contribution in [0.5, 0.6) is 5.75 Å². The molecule has 0 aliphatic carbocycles. The van der Waals surface area contributed by atoms with Crippen LogP contribution in [0.2, 0.25) is 5.02 Å². The predicted molar refractivity (Wildman–Crippen MR) is 122 cm³/mol. The first kappa shape index (κ1) is 21.4. The van der Waals surface area contributed by atoms with Crippen LogP contribution in [0.1, 0.15) is 41.6 Å². The number of carbonyl (C=O) groups is 2. The van der Waals surface area contributed by atoms with Crippen molar-refractivity contribution in [1.82, 2.24) is 10.2 Å². The largest absolute Gasteiger partial charge is 0.449 e. The number of benzene rings is 2. The number of halogens is 1. The highest BCUT2D eigenvalue weighted by atomic mass is 35.5. The van der Waals surface area contributed by atoms with Crippen molar-refractivity contribution < 1.29 is 14.3 Å². The molecule has 2 aliphatic rings. The molecule has 2 heterocycles. The highest BCUT2D eigenvalue weighted by Gasteiger charge is 2.23. The van der Waals surface area contributed by atoms with Gasteiger partial charge in [-0.2, -0.15) is 0 Å². The lowest BCUT2D eigenvalue weighted by Crippen LogP contribution is -2.33. The van der Waals surface area contributed by atoms with Gasteiger partial charge in [-0.15, -0.1) is 0 Å². The lowest BCUT2D eigenvalue weighted by molar-refractivity contribution is -0.115. The van der Waals surface area contributed by atoms with E-state index in [1.54, 1.807) is 42.5 Å². The van der Waals surface area contributed by atoms with Crippen LogP contribution in [0.4, 0.5) is 5.69 Å². The molecular weight excluding hydrogens is 414 g/mol. The van der Waals surface area contributed by atoms with Crippen LogP contribution in [-0.2, 0) is 4.79 Å². The monoisotopic (exact) mass is 439 g/mol. The Bertz CT molecular complexity index is 999. The number of nitrogens with zero attached hydrogens (tertiary/aromatic N) is 1. The molecule has 162 valence electrons. The molecule has 1 saturated heterocycles. The van der Waals surface area contributed by atoms with E-state index in [-0.39, 0.29) is 17.6 Å². The van der Waals surface area contributed by atoms with Gasteiger partial charge in [0.25, 0.3) is 11.8 Å². The molecule has 2 N–H and O–H groups in total. The van der Waals surface area contributed by atoms with Crippen LogP contribution in [-0.4, -0.2) is 42.9 Å². The Morgan fingerprint density at radius 3 is 2.81 bits per heavy atom. The van der Waals surface area contributed by atoms with Gasteiger partial charge >= 0.3 is 0 Å². The molecule has 0 saturated carbocycles. The lowest BCUT2D eigenvalue weighted by Gasteiger charge is -2.26. The SMILES string of the molecule is O=C1Nc2cc(C(=O)NCCCN3CCCCC3)ccc2O/C1=C/c1cccc(Cl)c1. The Morgan fingerprint density at radius 2 is 2.00 bits per heavy atom. The molecule has 0 spiro atoms. The molecule has 0 bridgehead atoms. The third-order valence-electron chi connectivity index (χ3n) is 5.47. The van der Waals surface area contributed by atoms with Gasteiger partial charge in [0.15, 0.2) is 11.5 Å². The summed E-state index contributed by atoms with van der Waals surface area (Å²) in [5.74, 6) is 0.140. The van der Waals surface area contributed by atoms with Gasteiger partial charge in [0.2, 0.25) is 0 Å². The highest BCUT2D eigenvalue weighted by Crippen LogP contribution is 2.32. The lowest BCUT2D eigenvalue weighted by atomic mass is 10.1. The molecule has 6 nitrogen and oxygen atoms in total. The fourth-order valence-electron chi connectivity index (χ4n) is 3.84. The van der Waals surface area contributed by atoms with E-state index in [2.05, 4.69) is 15.5 Å². The van der Waals surface area contributed by atoms with Crippen LogP contribution >= 0.6 is 11.6 Å². The first-order valence-corrected chi connectivity index (χ1v) is 11.1. The first-order valence-electron chi connectivity index (χ1n) is 10.7. The normalized spacial score (nSPS) is 17.6. The van der Waals surface area contributed by atoms with E-state index in [0.717, 1.165) is 31.6 Å². The van der Waals surface area contributed by atoms with E-state index in [4.69, 9.17) is 16.3 Å². The zero-order valence-corrected chi connectivity index (χ0v) is 18.1. The number of fused-ring (bicyclic) bond motifs is 1. The van der Waals surface area contributed by atoms with Crippen LogP contribution in [0.3, 0.4) is 0 Å². The molecule has 2 aromatic carbocycles. The predicted octanol–water partition coefficient (Wildman–Crippen LogP) is 4.32. The van der Waals surface area contributed by atoms with E-state index in [1.807, 2.05) is 6.07 Å². The summed E-state index contributed by atoms with van der Waals surface area (Å²) in [6, 6.07) is 12.2. The minimum atomic E-state index is -0.369. The number of likely N-dealkylation sites (tertiary alicyclic amines) is 1. The zero-order valence-electron chi connectivity index (χ0n) is 17.3. The number of anilines is 1. The van der Waals surface area contributed by atoms with Crippen LogP contribution < -0.4 is 15.4 Å². The maximum Gasteiger partial charge on any atom is 0.291 e. The Balaban J connectivity index is 1.35. The Hall–Kier alpha value is -2.83. The quantitative estimate of drug-likeness (QED) is 0.519. The van der Waals surface area contributed by atoms with Crippen molar-refractivity contribution in [1.29, 1.82) is 0 Å². The van der Waals surface area contributed by atoms with E-state index in [0.29, 0.717) is 28.6 Å². The second-order valence-electron chi connectivity index (χ2n) is 7.84. The Kier molecular flexibility index (Phi) is 6.89. The number of piperidine rings is 1. The van der Waals surface area contributed by atoms with Gasteiger partial charge < -0.3 is 20.3 Å². The minimum absolute atomic E-state index is 0.157. The fourth-order valence-corrected chi connectivity index (χ4v) is 4.04. The Morgan fingerprint density at radius 1 is 1.16 bits per heavy atom. The topological polar surface area (TPSA) is 70.7 Å². The molecule has 0 radical (unpaired) electrons. The Labute approximate surface area is 187 Å². The van der Waals surface area contributed by atoms with Crippen molar-refractivity contribution in [2.75, 3.05) is 31.5 Å². The number of amides is 2. The van der Waals surface area contributed by atoms with Crippen molar-refractivity contribution in [3.63, 3.8) is 0 Å². The van der Waals surface area contributed by atoms with Gasteiger partial charge in [0, 0.05) is 17.1 Å². The molecule has 4 rings (SSSR count). The summed E-state index contributed by atoms with van der Waals surface area (Å²) in [7, 11) is 0. The molecule has 0 aromatic heterocycles. The minimum Gasteiger partial charge on any atom is -0.449 e. The first-order chi connectivity index (χ1) is 15.1. The number of nitrogens with one attached hydrogen (secondary N) is 2. The second-order valence-corrected chi connectivity index (χ2v) is 8.28. The standard InChI is InChI=1S/C24H26ClN3O3/c25-19-7-4-6-17(14-19)15-22-24(30)27-20-16-18(8-9-21(20)31-22)23(29)26-10-5-13-28-11-2-1-3-12-28/h4,6-9,14-16H,1-3,5,10-13H2,(H,26,29)(H,27,30)/b22-15+. The summed E-state index contributed by atoms with van der Waals surface area (Å²) < 4.78 is 5.76. The van der Waals surface area contributed by atoms with Crippen LogP contribution in [0.15, 0.2) is 48.2 Å². The highest BCUT2D eigenvalue weighted by molar-refractivity contribution is 6.30. The zero-order chi connectivity index (χ0) is 21.6. The van der Waals surface area contributed by atoms with Gasteiger partial charge in [-0.1, -0.05) is 30.2 Å². The smallest absolute Gasteiger partial charge is 0.291 e. The van der Waals surface area contributed by atoms with E-state index >= 15 is 0 Å². The second kappa shape index (κ2) is 9.98. The third kappa shape index (κ3) is 5.66. The maximum absolute atomic E-state index is 12.5. The van der Waals surface area contributed by atoms with Gasteiger partial charge in [-0.3, -0.25) is 9.59 Å². The van der Waals surface area contributed by atoms with Crippen molar-refractivity contribution in [3.8, 4) is 5.75 Å². The summed E-state index contributed by atoms with van der Waals surface area (Å²) in [6.45, 7) is 3.95. The molecule has 2 aromatic rings.